The molecule has 2 atom stereocenters. The summed E-state index contributed by atoms with van der Waals surface area (Å²) in [5.74, 6) is 2.23. The molecule has 10 heteroatoms. The van der Waals surface area contributed by atoms with E-state index in [9.17, 15) is 0 Å². The van der Waals surface area contributed by atoms with Crippen molar-refractivity contribution in [2.45, 2.75) is 51.9 Å². The average Bonchev–Trinajstić information content (AvgIpc) is 3.57. The molecule has 5 heterocycles. The molecule has 0 radical (unpaired) electrons. The zero-order chi connectivity index (χ0) is 25.7. The molecule has 4 aromatic rings. The number of piperidine rings is 1. The van der Waals surface area contributed by atoms with E-state index in [1.807, 2.05) is 25.1 Å². The Kier molecular flexibility index (Phi) is 6.61. The highest BCUT2D eigenvalue weighted by atomic mass is 35.5. The van der Waals surface area contributed by atoms with Crippen LogP contribution in [0.5, 0.6) is 5.75 Å². The fraction of sp³-hybridized carbons (Fsp3) is 0.444. The third kappa shape index (κ3) is 4.72. The van der Waals surface area contributed by atoms with Gasteiger partial charge in [-0.05, 0) is 70.9 Å². The van der Waals surface area contributed by atoms with Crippen LogP contribution in [0.25, 0.3) is 22.4 Å². The van der Waals surface area contributed by atoms with Crippen molar-refractivity contribution < 1.29 is 4.74 Å². The van der Waals surface area contributed by atoms with Gasteiger partial charge in [0.1, 0.15) is 17.5 Å². The molecule has 6 rings (SSSR count). The number of hydrogen-bond donors (Lipinski definition) is 2. The van der Waals surface area contributed by atoms with Gasteiger partial charge in [0.15, 0.2) is 5.82 Å². The maximum absolute atomic E-state index is 6.33. The van der Waals surface area contributed by atoms with Gasteiger partial charge in [-0.15, -0.1) is 0 Å². The van der Waals surface area contributed by atoms with Gasteiger partial charge in [0.05, 0.1) is 26.9 Å². The van der Waals surface area contributed by atoms with Crippen molar-refractivity contribution in [2.24, 2.45) is 5.92 Å². The summed E-state index contributed by atoms with van der Waals surface area (Å²) in [5.41, 5.74) is 4.73. The van der Waals surface area contributed by atoms with Crippen molar-refractivity contribution in [1.82, 2.24) is 34.9 Å². The number of aromatic amines is 2. The van der Waals surface area contributed by atoms with Crippen molar-refractivity contribution >= 4 is 34.1 Å². The zero-order valence-electron chi connectivity index (χ0n) is 21.3. The third-order valence-corrected chi connectivity index (χ3v) is 8.57. The van der Waals surface area contributed by atoms with Crippen LogP contribution in [0.15, 0.2) is 30.6 Å². The van der Waals surface area contributed by atoms with Gasteiger partial charge in [-0.25, -0.2) is 4.98 Å². The lowest BCUT2D eigenvalue weighted by molar-refractivity contribution is 0.103. The topological polar surface area (TPSA) is 86.0 Å². The number of fused-ring (bicyclic) bond motifs is 2. The standard InChI is InChI=1S/C27H31Cl2N7O/c1-15(17-6-8-35(3)9-7-17)36-13-23-24(14-36)32-27(31-23)26-19-10-18(4-5-22(19)33-34-26)37-16(2)25-20(28)11-30-12-21(25)29/h4-5,10-12,15-17H,6-9,13-14H2,1-3H3,(H,31,32)(H,33,34)/t15?,16-/m1/s1. The van der Waals surface area contributed by atoms with Crippen molar-refractivity contribution in [2.75, 3.05) is 20.1 Å². The van der Waals surface area contributed by atoms with E-state index in [0.717, 1.165) is 47.1 Å². The van der Waals surface area contributed by atoms with Gasteiger partial charge in [0.2, 0.25) is 0 Å². The molecule has 2 aliphatic heterocycles. The Hall–Kier alpha value is -2.65. The Morgan fingerprint density at radius 3 is 2.57 bits per heavy atom. The quantitative estimate of drug-likeness (QED) is 0.320. The maximum Gasteiger partial charge on any atom is 0.159 e. The van der Waals surface area contributed by atoms with E-state index in [1.54, 1.807) is 12.4 Å². The number of hydrogen-bond acceptors (Lipinski definition) is 6. The van der Waals surface area contributed by atoms with Crippen LogP contribution in [0.4, 0.5) is 0 Å². The Bertz CT molecular complexity index is 1380. The molecule has 37 heavy (non-hydrogen) atoms. The van der Waals surface area contributed by atoms with Crippen molar-refractivity contribution in [3.63, 3.8) is 0 Å². The molecule has 1 saturated heterocycles. The molecule has 3 aromatic heterocycles. The molecule has 0 aliphatic carbocycles. The van der Waals surface area contributed by atoms with E-state index in [-0.39, 0.29) is 6.10 Å². The van der Waals surface area contributed by atoms with E-state index in [4.69, 9.17) is 32.9 Å². The second kappa shape index (κ2) is 9.91. The lowest BCUT2D eigenvalue weighted by Gasteiger charge is -2.36. The van der Waals surface area contributed by atoms with Crippen LogP contribution < -0.4 is 4.74 Å². The Morgan fingerprint density at radius 2 is 1.84 bits per heavy atom. The summed E-state index contributed by atoms with van der Waals surface area (Å²) in [6.45, 7) is 8.45. The van der Waals surface area contributed by atoms with Gasteiger partial charge in [-0.1, -0.05) is 23.2 Å². The van der Waals surface area contributed by atoms with E-state index in [1.165, 1.54) is 31.6 Å². The highest BCUT2D eigenvalue weighted by molar-refractivity contribution is 6.35. The lowest BCUT2D eigenvalue weighted by Crippen LogP contribution is -2.41. The van der Waals surface area contributed by atoms with Crippen LogP contribution in [0.1, 0.15) is 49.7 Å². The van der Waals surface area contributed by atoms with Gasteiger partial charge in [0, 0.05) is 42.5 Å². The first-order chi connectivity index (χ1) is 17.9. The van der Waals surface area contributed by atoms with Crippen LogP contribution in [-0.4, -0.2) is 61.1 Å². The fourth-order valence-corrected chi connectivity index (χ4v) is 6.36. The summed E-state index contributed by atoms with van der Waals surface area (Å²) >= 11 is 12.7. The second-order valence-corrected chi connectivity index (χ2v) is 11.2. The van der Waals surface area contributed by atoms with Gasteiger partial charge in [0.25, 0.3) is 0 Å². The number of rotatable bonds is 6. The molecule has 0 amide bonds. The number of ether oxygens (including phenoxy) is 1. The molecule has 0 bridgehead atoms. The number of H-pyrrole nitrogens is 2. The van der Waals surface area contributed by atoms with Crippen LogP contribution >= 0.6 is 23.2 Å². The third-order valence-electron chi connectivity index (χ3n) is 7.97. The Morgan fingerprint density at radius 1 is 1.08 bits per heavy atom. The van der Waals surface area contributed by atoms with Crippen LogP contribution in [0.2, 0.25) is 10.0 Å². The monoisotopic (exact) mass is 539 g/mol. The van der Waals surface area contributed by atoms with Crippen LogP contribution in [0, 0.1) is 5.92 Å². The number of imidazole rings is 1. The molecule has 1 unspecified atom stereocenters. The number of pyridine rings is 1. The smallest absolute Gasteiger partial charge is 0.159 e. The van der Waals surface area contributed by atoms with Gasteiger partial charge in [-0.2, -0.15) is 5.10 Å². The first-order valence-corrected chi connectivity index (χ1v) is 13.6. The molecule has 0 saturated carbocycles. The molecule has 0 spiro atoms. The summed E-state index contributed by atoms with van der Waals surface area (Å²) in [5, 5.41) is 9.61. The molecule has 194 valence electrons. The summed E-state index contributed by atoms with van der Waals surface area (Å²) < 4.78 is 6.22. The number of likely N-dealkylation sites (tertiary alicyclic amines) is 1. The highest BCUT2D eigenvalue weighted by Crippen LogP contribution is 2.36. The zero-order valence-corrected chi connectivity index (χ0v) is 22.8. The summed E-state index contributed by atoms with van der Waals surface area (Å²) in [4.78, 5) is 17.5. The Balaban J connectivity index is 1.20. The predicted molar refractivity (Wildman–Crippen MR) is 146 cm³/mol. The minimum absolute atomic E-state index is 0.347. The maximum atomic E-state index is 6.33. The van der Waals surface area contributed by atoms with E-state index < -0.39 is 0 Å². The molecule has 2 aliphatic rings. The number of nitrogens with one attached hydrogen (secondary N) is 2. The van der Waals surface area contributed by atoms with Gasteiger partial charge in [-0.3, -0.25) is 15.0 Å². The molecular weight excluding hydrogens is 509 g/mol. The summed E-state index contributed by atoms with van der Waals surface area (Å²) in [6, 6.07) is 6.41. The van der Waals surface area contributed by atoms with Crippen molar-refractivity contribution in [1.29, 1.82) is 0 Å². The van der Waals surface area contributed by atoms with E-state index in [2.05, 4.69) is 43.9 Å². The minimum Gasteiger partial charge on any atom is -0.486 e. The number of nitrogens with zero attached hydrogens (tertiary/aromatic N) is 5. The molecule has 1 fully saturated rings. The number of halogens is 2. The molecule has 8 nitrogen and oxygen atoms in total. The second-order valence-electron chi connectivity index (χ2n) is 10.4. The lowest BCUT2D eigenvalue weighted by atomic mass is 9.90. The first kappa shape index (κ1) is 24.7. The molecule has 1 aromatic carbocycles. The fourth-order valence-electron chi connectivity index (χ4n) is 5.69. The first-order valence-electron chi connectivity index (χ1n) is 12.8. The average molecular weight is 540 g/mol. The van der Waals surface area contributed by atoms with Crippen LogP contribution in [-0.2, 0) is 13.1 Å². The summed E-state index contributed by atoms with van der Waals surface area (Å²) in [6.07, 6.45) is 5.34. The summed E-state index contributed by atoms with van der Waals surface area (Å²) in [7, 11) is 2.22. The minimum atomic E-state index is -0.347. The SMILES string of the molecule is CC(C1CCN(C)CC1)N1Cc2nc(-c3n[nH]c4ccc(O[C@H](C)c5c(Cl)cncc5Cl)cc34)[nH]c2C1. The largest absolute Gasteiger partial charge is 0.486 e. The van der Waals surface area contributed by atoms with E-state index in [0.29, 0.717) is 27.4 Å². The Labute approximate surface area is 226 Å². The highest BCUT2D eigenvalue weighted by Gasteiger charge is 2.32. The molecular formula is C27H31Cl2N7O. The predicted octanol–water partition coefficient (Wildman–Crippen LogP) is 5.84. The van der Waals surface area contributed by atoms with Gasteiger partial charge < -0.3 is 14.6 Å². The van der Waals surface area contributed by atoms with Gasteiger partial charge >= 0.3 is 0 Å². The normalized spacial score (nSPS) is 18.8. The molecule has 2 N–H and O–H groups in total. The number of aromatic nitrogens is 5. The van der Waals surface area contributed by atoms with Crippen molar-refractivity contribution in [3.8, 4) is 17.3 Å². The number of benzene rings is 1. The van der Waals surface area contributed by atoms with Crippen LogP contribution in [0.3, 0.4) is 0 Å². The van der Waals surface area contributed by atoms with Crippen molar-refractivity contribution in [3.05, 3.63) is 57.6 Å². The van der Waals surface area contributed by atoms with E-state index >= 15 is 0 Å².